The van der Waals surface area contributed by atoms with Crippen LogP contribution in [-0.4, -0.2) is 15.2 Å². The number of fused-ring (bicyclic) bond motifs is 1. The summed E-state index contributed by atoms with van der Waals surface area (Å²) in [5.74, 6) is 1.22. The third kappa shape index (κ3) is 1.75. The number of aryl methyl sites for hydroxylation is 1. The number of aromatic nitrogens is 3. The first kappa shape index (κ1) is 10.6. The van der Waals surface area contributed by atoms with Gasteiger partial charge in [0, 0.05) is 23.3 Å². The number of anilines is 1. The molecule has 0 bridgehead atoms. The van der Waals surface area contributed by atoms with Crippen molar-refractivity contribution < 1.29 is 4.74 Å². The summed E-state index contributed by atoms with van der Waals surface area (Å²) in [6.45, 7) is 1.92. The van der Waals surface area contributed by atoms with E-state index in [1.165, 1.54) is 0 Å². The lowest BCUT2D eigenvalue weighted by Crippen LogP contribution is -1.92. The van der Waals surface area contributed by atoms with Crippen LogP contribution >= 0.6 is 0 Å². The molecule has 0 amide bonds. The Morgan fingerprint density at radius 2 is 2.17 bits per heavy atom. The van der Waals surface area contributed by atoms with Gasteiger partial charge in [0.15, 0.2) is 0 Å². The fraction of sp³-hybridized carbons (Fsp3) is 0.0769. The molecular formula is C13H12N4O. The molecule has 3 N–H and O–H groups in total. The molecule has 1 aromatic carbocycles. The Kier molecular flexibility index (Phi) is 2.37. The van der Waals surface area contributed by atoms with Gasteiger partial charge in [-0.1, -0.05) is 6.07 Å². The molecule has 0 saturated heterocycles. The number of benzene rings is 1. The van der Waals surface area contributed by atoms with Crippen LogP contribution in [0.4, 0.5) is 5.69 Å². The number of H-pyrrole nitrogens is 1. The van der Waals surface area contributed by atoms with E-state index in [1.807, 2.05) is 31.2 Å². The lowest BCUT2D eigenvalue weighted by molar-refractivity contribution is 0.466. The Morgan fingerprint density at radius 1 is 1.28 bits per heavy atom. The normalized spacial score (nSPS) is 10.7. The zero-order valence-corrected chi connectivity index (χ0v) is 9.84. The minimum atomic E-state index is 0.530. The molecule has 2 aromatic heterocycles. The summed E-state index contributed by atoms with van der Waals surface area (Å²) in [6.07, 6.45) is 1.67. The minimum absolute atomic E-state index is 0.530. The van der Waals surface area contributed by atoms with Crippen molar-refractivity contribution >= 4 is 16.6 Å². The van der Waals surface area contributed by atoms with Gasteiger partial charge in [-0.05, 0) is 25.1 Å². The second-order valence-electron chi connectivity index (χ2n) is 4.04. The Hall–Kier alpha value is -2.56. The van der Waals surface area contributed by atoms with Crippen LogP contribution in [0.5, 0.6) is 11.6 Å². The van der Waals surface area contributed by atoms with E-state index < -0.39 is 0 Å². The van der Waals surface area contributed by atoms with Gasteiger partial charge in [-0.25, -0.2) is 0 Å². The van der Waals surface area contributed by atoms with E-state index in [2.05, 4.69) is 15.2 Å². The largest absolute Gasteiger partial charge is 0.437 e. The maximum Gasteiger partial charge on any atom is 0.238 e. The van der Waals surface area contributed by atoms with Crippen LogP contribution in [0.2, 0.25) is 0 Å². The fourth-order valence-electron chi connectivity index (χ4n) is 1.82. The molecule has 3 rings (SSSR count). The molecule has 0 spiro atoms. The lowest BCUT2D eigenvalue weighted by Gasteiger charge is -2.06. The van der Waals surface area contributed by atoms with Gasteiger partial charge in [-0.3, -0.25) is 10.1 Å². The van der Waals surface area contributed by atoms with Gasteiger partial charge in [0.05, 0.1) is 11.2 Å². The average molecular weight is 240 g/mol. The molecule has 0 aliphatic rings. The predicted octanol–water partition coefficient (Wildman–Crippen LogP) is 2.64. The number of pyridine rings is 1. The van der Waals surface area contributed by atoms with Crippen LogP contribution in [-0.2, 0) is 0 Å². The van der Waals surface area contributed by atoms with E-state index in [-0.39, 0.29) is 0 Å². The number of hydrogen-bond donors (Lipinski definition) is 2. The second-order valence-corrected chi connectivity index (χ2v) is 4.04. The van der Waals surface area contributed by atoms with Gasteiger partial charge in [-0.15, -0.1) is 5.10 Å². The average Bonchev–Trinajstić information content (AvgIpc) is 2.76. The molecule has 5 nitrogen and oxygen atoms in total. The first-order chi connectivity index (χ1) is 8.74. The Balaban J connectivity index is 2.09. The van der Waals surface area contributed by atoms with Crippen molar-refractivity contribution in [3.05, 3.63) is 42.2 Å². The number of nitrogen functional groups attached to an aromatic ring is 1. The van der Waals surface area contributed by atoms with E-state index in [0.717, 1.165) is 16.6 Å². The first-order valence-corrected chi connectivity index (χ1v) is 5.57. The molecule has 3 aromatic rings. The number of ether oxygens (including phenoxy) is 1. The third-order valence-corrected chi connectivity index (χ3v) is 2.66. The molecule has 0 aliphatic heterocycles. The molecule has 0 atom stereocenters. The Labute approximate surface area is 104 Å². The molecule has 18 heavy (non-hydrogen) atoms. The molecule has 2 heterocycles. The van der Waals surface area contributed by atoms with Crippen LogP contribution in [0.25, 0.3) is 10.9 Å². The zero-order chi connectivity index (χ0) is 12.5. The molecule has 0 aliphatic carbocycles. The topological polar surface area (TPSA) is 76.8 Å². The summed E-state index contributed by atoms with van der Waals surface area (Å²) in [5, 5.41) is 7.75. The predicted molar refractivity (Wildman–Crippen MR) is 69.6 cm³/mol. The van der Waals surface area contributed by atoms with E-state index in [4.69, 9.17) is 10.5 Å². The number of para-hydroxylation sites is 1. The van der Waals surface area contributed by atoms with Gasteiger partial charge in [0.25, 0.3) is 0 Å². The maximum absolute atomic E-state index is 5.88. The van der Waals surface area contributed by atoms with Gasteiger partial charge < -0.3 is 10.5 Å². The minimum Gasteiger partial charge on any atom is -0.437 e. The van der Waals surface area contributed by atoms with Crippen molar-refractivity contribution in [1.29, 1.82) is 0 Å². The number of aromatic amines is 1. The van der Waals surface area contributed by atoms with Crippen LogP contribution in [0.15, 0.2) is 36.5 Å². The summed E-state index contributed by atoms with van der Waals surface area (Å²) < 4.78 is 5.73. The van der Waals surface area contributed by atoms with Crippen molar-refractivity contribution in [2.24, 2.45) is 0 Å². The summed E-state index contributed by atoms with van der Waals surface area (Å²) in [6, 6.07) is 9.25. The Morgan fingerprint density at radius 3 is 2.94 bits per heavy atom. The highest BCUT2D eigenvalue weighted by atomic mass is 16.5. The highest BCUT2D eigenvalue weighted by molar-refractivity contribution is 5.93. The van der Waals surface area contributed by atoms with E-state index in [9.17, 15) is 0 Å². The maximum atomic E-state index is 5.88. The summed E-state index contributed by atoms with van der Waals surface area (Å²) >= 11 is 0. The molecule has 0 saturated carbocycles. The number of nitrogens with one attached hydrogen (secondary N) is 1. The van der Waals surface area contributed by atoms with Crippen LogP contribution in [0.3, 0.4) is 0 Å². The van der Waals surface area contributed by atoms with Crippen LogP contribution < -0.4 is 10.5 Å². The Bertz CT molecular complexity index is 705. The number of rotatable bonds is 2. The fourth-order valence-corrected chi connectivity index (χ4v) is 1.82. The monoisotopic (exact) mass is 240 g/mol. The molecule has 90 valence electrons. The molecule has 0 unspecified atom stereocenters. The summed E-state index contributed by atoms with van der Waals surface area (Å²) in [4.78, 5) is 4.26. The van der Waals surface area contributed by atoms with Gasteiger partial charge >= 0.3 is 0 Å². The van der Waals surface area contributed by atoms with Crippen molar-refractivity contribution in [1.82, 2.24) is 15.2 Å². The van der Waals surface area contributed by atoms with Crippen molar-refractivity contribution in [2.45, 2.75) is 6.92 Å². The van der Waals surface area contributed by atoms with Crippen LogP contribution in [0, 0.1) is 6.92 Å². The molecule has 0 fully saturated rings. The number of nitrogens with zero attached hydrogens (tertiary/aromatic N) is 2. The highest BCUT2D eigenvalue weighted by Gasteiger charge is 2.07. The van der Waals surface area contributed by atoms with E-state index in [0.29, 0.717) is 17.3 Å². The van der Waals surface area contributed by atoms with Crippen molar-refractivity contribution in [2.75, 3.05) is 5.73 Å². The van der Waals surface area contributed by atoms with E-state index >= 15 is 0 Å². The van der Waals surface area contributed by atoms with Gasteiger partial charge in [-0.2, -0.15) is 0 Å². The quantitative estimate of drug-likeness (QED) is 0.675. The van der Waals surface area contributed by atoms with Crippen molar-refractivity contribution in [3.8, 4) is 11.6 Å². The first-order valence-electron chi connectivity index (χ1n) is 5.57. The zero-order valence-electron chi connectivity index (χ0n) is 9.84. The van der Waals surface area contributed by atoms with Gasteiger partial charge in [0.2, 0.25) is 5.88 Å². The summed E-state index contributed by atoms with van der Waals surface area (Å²) in [7, 11) is 0. The number of nitrogens with two attached hydrogens (primary N) is 1. The SMILES string of the molecule is Cc1cc(Oc2ccnc3c(N)cccc23)n[nH]1. The van der Waals surface area contributed by atoms with Gasteiger partial charge in [0.1, 0.15) is 5.75 Å². The number of hydrogen-bond acceptors (Lipinski definition) is 4. The molecule has 0 radical (unpaired) electrons. The standard InChI is InChI=1S/C13H12N4O/c1-8-7-12(17-16-8)18-11-5-6-15-13-9(11)3-2-4-10(13)14/h2-7H,14H2,1H3,(H,16,17). The highest BCUT2D eigenvalue weighted by Crippen LogP contribution is 2.30. The second kappa shape index (κ2) is 4.03. The van der Waals surface area contributed by atoms with Crippen LogP contribution in [0.1, 0.15) is 5.69 Å². The van der Waals surface area contributed by atoms with Crippen molar-refractivity contribution in [3.63, 3.8) is 0 Å². The molecule has 5 heteroatoms. The third-order valence-electron chi connectivity index (χ3n) is 2.66. The summed E-state index contributed by atoms with van der Waals surface area (Å²) in [5.41, 5.74) is 8.20. The smallest absolute Gasteiger partial charge is 0.238 e. The molecular weight excluding hydrogens is 228 g/mol. The lowest BCUT2D eigenvalue weighted by atomic mass is 10.2. The van der Waals surface area contributed by atoms with E-state index in [1.54, 1.807) is 12.3 Å².